The number of thiazole rings is 1. The summed E-state index contributed by atoms with van der Waals surface area (Å²) in [5.74, 6) is -2.21. The minimum absolute atomic E-state index is 0.325. The van der Waals surface area contributed by atoms with Crippen molar-refractivity contribution in [1.29, 1.82) is 0 Å². The molecule has 0 saturated carbocycles. The Bertz CT molecular complexity index is 1800. The molecule has 0 radical (unpaired) electrons. The molecule has 3 atom stereocenters. The van der Waals surface area contributed by atoms with E-state index in [1.807, 2.05) is 19.1 Å². The number of halogens is 1. The molecule has 12 heteroatoms. The normalized spacial score (nSPS) is 19.2. The van der Waals surface area contributed by atoms with E-state index in [2.05, 4.69) is 5.32 Å². The van der Waals surface area contributed by atoms with Crippen LogP contribution in [0.1, 0.15) is 21.9 Å². The first-order valence-electron chi connectivity index (χ1n) is 13.3. The lowest BCUT2D eigenvalue weighted by molar-refractivity contribution is -0.122. The maximum Gasteiger partial charge on any atom is 0.308 e. The molecule has 2 aliphatic rings. The standard InChI is InChI=1S/C31H26FN3O6S2/c1-16-4-11-20(12-5-16)35-28(37)25-24(17-6-13-21(40-2)22(14-17)41-3)27-30(42-26(25)29(35)38)34(31(39)43-27)15-23(36)33-19-9-7-18(32)8-10-19/h4-14,24-26H,15H2,1-3H3,(H,33,36)/t24-,25?,26?/m1/s1. The largest absolute Gasteiger partial charge is 0.493 e. The smallest absolute Gasteiger partial charge is 0.308 e. The van der Waals surface area contributed by atoms with Gasteiger partial charge in [-0.05, 0) is 61.0 Å². The van der Waals surface area contributed by atoms with E-state index in [0.29, 0.717) is 38.3 Å². The maximum absolute atomic E-state index is 14.1. The summed E-state index contributed by atoms with van der Waals surface area (Å²) in [6, 6.07) is 17.7. The molecule has 1 fully saturated rings. The second kappa shape index (κ2) is 11.3. The van der Waals surface area contributed by atoms with Crippen LogP contribution in [0.2, 0.25) is 0 Å². The molecule has 4 aromatic rings. The van der Waals surface area contributed by atoms with Gasteiger partial charge in [0.25, 0.3) is 0 Å². The second-order valence-corrected chi connectivity index (χ2v) is 12.3. The van der Waals surface area contributed by atoms with Gasteiger partial charge in [-0.15, -0.1) is 0 Å². The third kappa shape index (κ3) is 5.10. The lowest BCUT2D eigenvalue weighted by Crippen LogP contribution is -2.33. The van der Waals surface area contributed by atoms with E-state index in [9.17, 15) is 23.6 Å². The molecular weight excluding hydrogens is 593 g/mol. The first kappa shape index (κ1) is 28.7. The molecule has 3 aromatic carbocycles. The van der Waals surface area contributed by atoms with Crippen LogP contribution < -0.4 is 24.6 Å². The van der Waals surface area contributed by atoms with Gasteiger partial charge in [0, 0.05) is 16.5 Å². The Kier molecular flexibility index (Phi) is 7.57. The molecule has 2 aliphatic heterocycles. The summed E-state index contributed by atoms with van der Waals surface area (Å²) >= 11 is 2.08. The van der Waals surface area contributed by atoms with Crippen LogP contribution in [0.3, 0.4) is 0 Å². The first-order valence-corrected chi connectivity index (χ1v) is 15.0. The number of carbonyl (C=O) groups excluding carboxylic acids is 3. The molecule has 3 amide bonds. The molecular formula is C31H26FN3O6S2. The fourth-order valence-electron chi connectivity index (χ4n) is 5.49. The van der Waals surface area contributed by atoms with Crippen LogP contribution in [0.25, 0.3) is 0 Å². The summed E-state index contributed by atoms with van der Waals surface area (Å²) in [5, 5.41) is 2.30. The zero-order valence-electron chi connectivity index (χ0n) is 23.3. The van der Waals surface area contributed by atoms with Crippen LogP contribution in [-0.2, 0) is 20.9 Å². The van der Waals surface area contributed by atoms with Gasteiger partial charge in [-0.2, -0.15) is 0 Å². The van der Waals surface area contributed by atoms with Crippen molar-refractivity contribution in [3.63, 3.8) is 0 Å². The van der Waals surface area contributed by atoms with E-state index in [4.69, 9.17) is 9.47 Å². The highest BCUT2D eigenvalue weighted by atomic mass is 32.2. The van der Waals surface area contributed by atoms with Gasteiger partial charge in [-0.25, -0.2) is 9.29 Å². The zero-order valence-corrected chi connectivity index (χ0v) is 25.0. The van der Waals surface area contributed by atoms with E-state index < -0.39 is 33.7 Å². The number of methoxy groups -OCH3 is 2. The molecule has 3 heterocycles. The molecule has 0 bridgehead atoms. The van der Waals surface area contributed by atoms with Crippen LogP contribution in [0, 0.1) is 18.7 Å². The number of benzene rings is 3. The number of anilines is 2. The topological polar surface area (TPSA) is 107 Å². The number of aryl methyl sites for hydroxylation is 1. The van der Waals surface area contributed by atoms with E-state index in [0.717, 1.165) is 28.7 Å². The number of thioether (sulfide) groups is 1. The van der Waals surface area contributed by atoms with Gasteiger partial charge in [0.1, 0.15) is 17.6 Å². The van der Waals surface area contributed by atoms with Crippen LogP contribution in [0.5, 0.6) is 11.5 Å². The molecule has 6 rings (SSSR count). The molecule has 43 heavy (non-hydrogen) atoms. The molecule has 220 valence electrons. The van der Waals surface area contributed by atoms with Crippen molar-refractivity contribution in [3.05, 3.63) is 98.2 Å². The molecule has 2 unspecified atom stereocenters. The average molecular weight is 620 g/mol. The second-order valence-electron chi connectivity index (χ2n) is 10.2. The molecule has 1 N–H and O–H groups in total. The van der Waals surface area contributed by atoms with Crippen LogP contribution in [0.15, 0.2) is 76.6 Å². The highest BCUT2D eigenvalue weighted by Crippen LogP contribution is 2.54. The number of carbonyl (C=O) groups is 3. The third-order valence-corrected chi connectivity index (χ3v) is 10.1. The Morgan fingerprint density at radius 2 is 1.63 bits per heavy atom. The third-order valence-electron chi connectivity index (χ3n) is 7.54. The summed E-state index contributed by atoms with van der Waals surface area (Å²) in [6.45, 7) is 1.60. The minimum atomic E-state index is -0.834. The maximum atomic E-state index is 14.1. The van der Waals surface area contributed by atoms with Crippen molar-refractivity contribution in [2.24, 2.45) is 5.92 Å². The summed E-state index contributed by atoms with van der Waals surface area (Å²) in [7, 11) is 3.02. The van der Waals surface area contributed by atoms with Crippen LogP contribution in [0.4, 0.5) is 15.8 Å². The van der Waals surface area contributed by atoms with Crippen molar-refractivity contribution >= 4 is 52.2 Å². The first-order chi connectivity index (χ1) is 20.7. The molecule has 9 nitrogen and oxygen atoms in total. The number of aromatic nitrogens is 1. The fourth-order valence-corrected chi connectivity index (χ4v) is 8.26. The Morgan fingerprint density at radius 3 is 2.30 bits per heavy atom. The lowest BCUT2D eigenvalue weighted by Gasteiger charge is -2.31. The SMILES string of the molecule is COc1ccc([C@H]2c3sc(=O)n(CC(=O)Nc4ccc(F)cc4)c3SC3C(=O)N(c4ccc(C)cc4)C(=O)C32)cc1OC. The predicted molar refractivity (Wildman–Crippen MR) is 162 cm³/mol. The van der Waals surface area contributed by atoms with Crippen molar-refractivity contribution in [3.8, 4) is 11.5 Å². The summed E-state index contributed by atoms with van der Waals surface area (Å²) < 4.78 is 25.6. The van der Waals surface area contributed by atoms with Crippen molar-refractivity contribution in [2.75, 3.05) is 24.4 Å². The van der Waals surface area contributed by atoms with E-state index in [1.54, 1.807) is 30.3 Å². The number of hydrogen-bond acceptors (Lipinski definition) is 8. The van der Waals surface area contributed by atoms with E-state index in [-0.39, 0.29) is 18.4 Å². The van der Waals surface area contributed by atoms with Crippen molar-refractivity contribution < 1.29 is 28.2 Å². The van der Waals surface area contributed by atoms with Gasteiger partial charge in [0.2, 0.25) is 17.7 Å². The van der Waals surface area contributed by atoms with E-state index >= 15 is 0 Å². The van der Waals surface area contributed by atoms with E-state index in [1.165, 1.54) is 48.0 Å². The molecule has 0 spiro atoms. The number of amides is 3. The van der Waals surface area contributed by atoms with Crippen molar-refractivity contribution in [1.82, 2.24) is 4.57 Å². The molecule has 1 saturated heterocycles. The number of rotatable bonds is 7. The van der Waals surface area contributed by atoms with Gasteiger partial charge >= 0.3 is 4.87 Å². The summed E-state index contributed by atoms with van der Waals surface area (Å²) in [4.78, 5) is 55.7. The highest BCUT2D eigenvalue weighted by Gasteiger charge is 2.57. The van der Waals surface area contributed by atoms with Gasteiger partial charge in [0.15, 0.2) is 11.5 Å². The lowest BCUT2D eigenvalue weighted by atomic mass is 9.83. The summed E-state index contributed by atoms with van der Waals surface area (Å²) in [5.41, 5.74) is 2.51. The Labute approximate surface area is 254 Å². The van der Waals surface area contributed by atoms with Crippen LogP contribution in [-0.4, -0.2) is 41.8 Å². The Morgan fingerprint density at radius 1 is 0.930 bits per heavy atom. The van der Waals surface area contributed by atoms with Gasteiger partial charge in [-0.1, -0.05) is 46.9 Å². The molecule has 0 aliphatic carbocycles. The highest BCUT2D eigenvalue weighted by molar-refractivity contribution is 8.00. The van der Waals surface area contributed by atoms with Gasteiger partial charge < -0.3 is 14.8 Å². The van der Waals surface area contributed by atoms with Crippen LogP contribution >= 0.6 is 23.1 Å². The van der Waals surface area contributed by atoms with Gasteiger partial charge in [-0.3, -0.25) is 23.7 Å². The number of imide groups is 1. The number of hydrogen-bond donors (Lipinski definition) is 1. The number of ether oxygens (including phenoxy) is 2. The molecule has 1 aromatic heterocycles. The zero-order chi connectivity index (χ0) is 30.4. The number of fused-ring (bicyclic) bond motifs is 2. The summed E-state index contributed by atoms with van der Waals surface area (Å²) in [6.07, 6.45) is 0. The average Bonchev–Trinajstić information content (AvgIpc) is 3.44. The number of nitrogens with one attached hydrogen (secondary N) is 1. The number of nitrogens with zero attached hydrogens (tertiary/aromatic N) is 2. The Hall–Kier alpha value is -4.42. The quantitative estimate of drug-likeness (QED) is 0.296. The monoisotopic (exact) mass is 619 g/mol. The fraction of sp³-hybridized carbons (Fsp3) is 0.226. The Balaban J connectivity index is 1.43. The van der Waals surface area contributed by atoms with Gasteiger partial charge in [0.05, 0.1) is 30.9 Å². The minimum Gasteiger partial charge on any atom is -0.493 e. The predicted octanol–water partition coefficient (Wildman–Crippen LogP) is 4.81. The van der Waals surface area contributed by atoms with Crippen molar-refractivity contribution in [2.45, 2.75) is 29.7 Å².